The summed E-state index contributed by atoms with van der Waals surface area (Å²) >= 11 is 0. The third kappa shape index (κ3) is 3.18. The number of ether oxygens (including phenoxy) is 2. The van der Waals surface area contributed by atoms with Gasteiger partial charge in [0.25, 0.3) is 0 Å². The van der Waals surface area contributed by atoms with Gasteiger partial charge in [0.1, 0.15) is 11.6 Å². The molecule has 1 rings (SSSR count). The quantitative estimate of drug-likeness (QED) is 0.751. The lowest BCUT2D eigenvalue weighted by Gasteiger charge is -2.10. The molecule has 1 aromatic rings. The van der Waals surface area contributed by atoms with Gasteiger partial charge in [0.2, 0.25) is 0 Å². The van der Waals surface area contributed by atoms with Crippen LogP contribution in [0.2, 0.25) is 0 Å². The predicted octanol–water partition coefficient (Wildman–Crippen LogP) is 2.00. The molecular formula is C12H12FNO3. The van der Waals surface area contributed by atoms with Crippen LogP contribution in [-0.2, 0) is 9.53 Å². The molecule has 90 valence electrons. The van der Waals surface area contributed by atoms with Gasteiger partial charge in [-0.25, -0.2) is 4.39 Å². The van der Waals surface area contributed by atoms with Gasteiger partial charge in [-0.1, -0.05) is 0 Å². The van der Waals surface area contributed by atoms with E-state index in [4.69, 9.17) is 14.7 Å². The molecule has 1 aromatic carbocycles. The number of rotatable bonds is 4. The first-order valence-electron chi connectivity index (χ1n) is 5.03. The predicted molar refractivity (Wildman–Crippen MR) is 57.9 cm³/mol. The number of nitriles is 1. The highest BCUT2D eigenvalue weighted by atomic mass is 19.1. The second kappa shape index (κ2) is 5.85. The molecule has 0 spiro atoms. The normalized spacial score (nSPS) is 11.4. The van der Waals surface area contributed by atoms with Crippen molar-refractivity contribution < 1.29 is 18.7 Å². The monoisotopic (exact) mass is 237 g/mol. The number of hydrogen-bond donors (Lipinski definition) is 0. The Morgan fingerprint density at radius 1 is 1.53 bits per heavy atom. The fraction of sp³-hybridized carbons (Fsp3) is 0.333. The van der Waals surface area contributed by atoms with E-state index < -0.39 is 17.7 Å². The number of hydrogen-bond acceptors (Lipinski definition) is 4. The number of nitrogens with zero attached hydrogens (tertiary/aromatic N) is 1. The van der Waals surface area contributed by atoms with Gasteiger partial charge in [0.05, 0.1) is 19.8 Å². The summed E-state index contributed by atoms with van der Waals surface area (Å²) in [6.45, 7) is 1.81. The van der Waals surface area contributed by atoms with E-state index in [9.17, 15) is 9.18 Å². The first-order chi connectivity index (χ1) is 8.12. The van der Waals surface area contributed by atoms with Crippen LogP contribution in [0.5, 0.6) is 5.75 Å². The van der Waals surface area contributed by atoms with Crippen LogP contribution < -0.4 is 4.74 Å². The maximum absolute atomic E-state index is 13.2. The van der Waals surface area contributed by atoms with E-state index in [2.05, 4.69) is 0 Å². The molecule has 1 atom stereocenters. The zero-order valence-corrected chi connectivity index (χ0v) is 9.57. The molecule has 0 saturated heterocycles. The van der Waals surface area contributed by atoms with E-state index in [0.717, 1.165) is 6.07 Å². The Kier molecular flexibility index (Phi) is 4.46. The highest BCUT2D eigenvalue weighted by Crippen LogP contribution is 2.23. The van der Waals surface area contributed by atoms with E-state index in [1.165, 1.54) is 19.2 Å². The Labute approximate surface area is 98.6 Å². The molecule has 0 amide bonds. The summed E-state index contributed by atoms with van der Waals surface area (Å²) in [6, 6.07) is 5.51. The Morgan fingerprint density at radius 2 is 2.24 bits per heavy atom. The number of carbonyl (C=O) groups excluding carboxylic acids is 1. The molecule has 0 fully saturated rings. The fourth-order valence-electron chi connectivity index (χ4n) is 1.36. The van der Waals surface area contributed by atoms with Crippen LogP contribution in [0, 0.1) is 17.1 Å². The summed E-state index contributed by atoms with van der Waals surface area (Å²) in [5.41, 5.74) is 0.225. The smallest absolute Gasteiger partial charge is 0.327 e. The van der Waals surface area contributed by atoms with Crippen molar-refractivity contribution in [3.8, 4) is 11.8 Å². The third-order valence-electron chi connectivity index (χ3n) is 2.11. The summed E-state index contributed by atoms with van der Waals surface area (Å²) in [5, 5.41) is 8.92. The molecule has 4 nitrogen and oxygen atoms in total. The minimum absolute atomic E-state index is 0.170. The van der Waals surface area contributed by atoms with Crippen LogP contribution in [0.4, 0.5) is 4.39 Å². The van der Waals surface area contributed by atoms with Crippen LogP contribution in [0.3, 0.4) is 0 Å². The first-order valence-corrected chi connectivity index (χ1v) is 5.03. The Hall–Kier alpha value is -2.09. The van der Waals surface area contributed by atoms with E-state index in [1.54, 1.807) is 13.0 Å². The van der Waals surface area contributed by atoms with Crippen LogP contribution >= 0.6 is 0 Å². The number of carbonyl (C=O) groups is 1. The molecule has 0 radical (unpaired) electrons. The van der Waals surface area contributed by atoms with Gasteiger partial charge in [-0.2, -0.15) is 5.26 Å². The molecule has 17 heavy (non-hydrogen) atoms. The van der Waals surface area contributed by atoms with Crippen molar-refractivity contribution in [3.63, 3.8) is 0 Å². The second-order valence-electron chi connectivity index (χ2n) is 3.24. The summed E-state index contributed by atoms with van der Waals surface area (Å²) in [7, 11) is 1.38. The van der Waals surface area contributed by atoms with E-state index in [0.29, 0.717) is 0 Å². The molecule has 0 aliphatic carbocycles. The molecule has 0 aliphatic rings. The average molecular weight is 237 g/mol. The van der Waals surface area contributed by atoms with Crippen LogP contribution in [-0.4, -0.2) is 19.7 Å². The second-order valence-corrected chi connectivity index (χ2v) is 3.24. The summed E-state index contributed by atoms with van der Waals surface area (Å²) in [4.78, 5) is 11.5. The van der Waals surface area contributed by atoms with E-state index >= 15 is 0 Å². The first kappa shape index (κ1) is 13.0. The van der Waals surface area contributed by atoms with Gasteiger partial charge in [-0.05, 0) is 24.6 Å². The van der Waals surface area contributed by atoms with Gasteiger partial charge >= 0.3 is 5.97 Å². The van der Waals surface area contributed by atoms with Crippen molar-refractivity contribution in [3.05, 3.63) is 29.6 Å². The lowest BCUT2D eigenvalue weighted by atomic mass is 10.0. The van der Waals surface area contributed by atoms with Crippen molar-refractivity contribution >= 4 is 5.97 Å². The van der Waals surface area contributed by atoms with Gasteiger partial charge in [0, 0.05) is 6.07 Å². The summed E-state index contributed by atoms with van der Waals surface area (Å²) in [6.07, 6.45) is 0. The Bertz CT molecular complexity index is 454. The topological polar surface area (TPSA) is 59.3 Å². The van der Waals surface area contributed by atoms with Crippen LogP contribution in [0.1, 0.15) is 18.4 Å². The van der Waals surface area contributed by atoms with Crippen LogP contribution in [0.15, 0.2) is 18.2 Å². The number of esters is 1. The maximum atomic E-state index is 13.2. The fourth-order valence-corrected chi connectivity index (χ4v) is 1.36. The van der Waals surface area contributed by atoms with Crippen molar-refractivity contribution in [1.82, 2.24) is 0 Å². The molecule has 0 heterocycles. The van der Waals surface area contributed by atoms with Crippen molar-refractivity contribution in [1.29, 1.82) is 5.26 Å². The molecule has 0 unspecified atom stereocenters. The van der Waals surface area contributed by atoms with Crippen LogP contribution in [0.25, 0.3) is 0 Å². The van der Waals surface area contributed by atoms with Crippen molar-refractivity contribution in [2.45, 2.75) is 12.8 Å². The standard InChI is InChI=1S/C12H12FNO3/c1-3-17-12(15)11(7-14)8-4-9(13)6-10(5-8)16-2/h4-6,11H,3H2,1-2H3/t11-/m1/s1. The molecule has 0 N–H and O–H groups in total. The lowest BCUT2D eigenvalue weighted by Crippen LogP contribution is -2.14. The van der Waals surface area contributed by atoms with E-state index in [1.807, 2.05) is 0 Å². The van der Waals surface area contributed by atoms with Crippen molar-refractivity contribution in [2.75, 3.05) is 13.7 Å². The van der Waals surface area contributed by atoms with Crippen molar-refractivity contribution in [2.24, 2.45) is 0 Å². The number of halogens is 1. The summed E-state index contributed by atoms with van der Waals surface area (Å²) in [5.74, 6) is -2.14. The lowest BCUT2D eigenvalue weighted by molar-refractivity contribution is -0.143. The minimum Gasteiger partial charge on any atom is -0.497 e. The van der Waals surface area contributed by atoms with Gasteiger partial charge in [-0.15, -0.1) is 0 Å². The maximum Gasteiger partial charge on any atom is 0.327 e. The van der Waals surface area contributed by atoms with Gasteiger partial charge in [0.15, 0.2) is 5.92 Å². The molecule has 0 aliphatic heterocycles. The van der Waals surface area contributed by atoms with Gasteiger partial charge in [-0.3, -0.25) is 4.79 Å². The molecule has 0 saturated carbocycles. The Morgan fingerprint density at radius 3 is 2.76 bits per heavy atom. The average Bonchev–Trinajstić information content (AvgIpc) is 2.29. The highest BCUT2D eigenvalue weighted by Gasteiger charge is 2.22. The third-order valence-corrected chi connectivity index (χ3v) is 2.11. The SMILES string of the molecule is CCOC(=O)[C@H](C#N)c1cc(F)cc(OC)c1. The molecule has 0 bridgehead atoms. The largest absolute Gasteiger partial charge is 0.497 e. The molecule has 5 heteroatoms. The Balaban J connectivity index is 3.08. The number of methoxy groups -OCH3 is 1. The number of benzene rings is 1. The zero-order chi connectivity index (χ0) is 12.8. The zero-order valence-electron chi connectivity index (χ0n) is 9.57. The summed E-state index contributed by atoms with van der Waals surface area (Å²) < 4.78 is 22.8. The minimum atomic E-state index is -1.14. The molecular weight excluding hydrogens is 225 g/mol. The highest BCUT2D eigenvalue weighted by molar-refractivity contribution is 5.81. The van der Waals surface area contributed by atoms with Gasteiger partial charge < -0.3 is 9.47 Å². The van der Waals surface area contributed by atoms with E-state index in [-0.39, 0.29) is 17.9 Å². The molecule has 0 aromatic heterocycles.